The minimum absolute atomic E-state index is 0.0411. The van der Waals surface area contributed by atoms with Gasteiger partial charge in [0, 0.05) is 11.7 Å². The third-order valence-electron chi connectivity index (χ3n) is 3.29. The number of benzene rings is 1. The summed E-state index contributed by atoms with van der Waals surface area (Å²) in [6.07, 6.45) is 1.69. The molecule has 1 N–H and O–H groups in total. The molecule has 0 aliphatic rings. The molecule has 0 radical (unpaired) electrons. The SMILES string of the molecule is CC(C)c1ccc(NC(=O)CSc2nncn2C(C)C)cc1. The lowest BCUT2D eigenvalue weighted by Crippen LogP contribution is -2.14. The number of carbonyl (C=O) groups excluding carboxylic acids is 1. The molecule has 1 heterocycles. The highest BCUT2D eigenvalue weighted by molar-refractivity contribution is 7.99. The fraction of sp³-hybridized carbons (Fsp3) is 0.438. The molecule has 1 aromatic carbocycles. The fourth-order valence-electron chi connectivity index (χ4n) is 1.97. The van der Waals surface area contributed by atoms with Gasteiger partial charge in [-0.1, -0.05) is 37.7 Å². The summed E-state index contributed by atoms with van der Waals surface area (Å²) in [6, 6.07) is 8.25. The molecule has 22 heavy (non-hydrogen) atoms. The summed E-state index contributed by atoms with van der Waals surface area (Å²) in [5.41, 5.74) is 2.08. The molecule has 0 saturated carbocycles. The van der Waals surface area contributed by atoms with Crippen molar-refractivity contribution in [3.05, 3.63) is 36.2 Å². The van der Waals surface area contributed by atoms with Crippen LogP contribution < -0.4 is 5.32 Å². The number of thioether (sulfide) groups is 1. The van der Waals surface area contributed by atoms with Crippen molar-refractivity contribution in [3.63, 3.8) is 0 Å². The molecule has 5 nitrogen and oxygen atoms in total. The second-order valence-corrected chi connectivity index (χ2v) is 6.67. The predicted octanol–water partition coefficient (Wildman–Crippen LogP) is 3.71. The zero-order valence-electron chi connectivity index (χ0n) is 13.4. The van der Waals surface area contributed by atoms with Crippen LogP contribution in [0, 0.1) is 0 Å². The molecule has 2 aromatic rings. The van der Waals surface area contributed by atoms with Crippen LogP contribution in [0.4, 0.5) is 5.69 Å². The van der Waals surface area contributed by atoms with Gasteiger partial charge in [-0.2, -0.15) is 0 Å². The molecule has 0 unspecified atom stereocenters. The fourth-order valence-corrected chi connectivity index (χ4v) is 2.81. The number of nitrogens with zero attached hydrogens (tertiary/aromatic N) is 3. The number of rotatable bonds is 6. The van der Waals surface area contributed by atoms with Crippen LogP contribution in [-0.2, 0) is 4.79 Å². The van der Waals surface area contributed by atoms with Crippen LogP contribution in [0.5, 0.6) is 0 Å². The Morgan fingerprint density at radius 3 is 2.50 bits per heavy atom. The maximum atomic E-state index is 12.0. The minimum atomic E-state index is -0.0411. The molecule has 0 atom stereocenters. The van der Waals surface area contributed by atoms with Crippen LogP contribution in [0.3, 0.4) is 0 Å². The first-order valence-electron chi connectivity index (χ1n) is 7.39. The first kappa shape index (κ1) is 16.5. The molecule has 0 spiro atoms. The van der Waals surface area contributed by atoms with Gasteiger partial charge in [0.25, 0.3) is 0 Å². The van der Waals surface area contributed by atoms with E-state index in [2.05, 4.69) is 43.2 Å². The average molecular weight is 318 g/mol. The molecule has 0 saturated heterocycles. The third kappa shape index (κ3) is 4.34. The number of hydrogen-bond donors (Lipinski definition) is 1. The van der Waals surface area contributed by atoms with Crippen molar-refractivity contribution >= 4 is 23.4 Å². The molecule has 1 aromatic heterocycles. The van der Waals surface area contributed by atoms with Crippen molar-refractivity contribution in [2.24, 2.45) is 0 Å². The van der Waals surface area contributed by atoms with Gasteiger partial charge in [-0.15, -0.1) is 10.2 Å². The van der Waals surface area contributed by atoms with E-state index in [4.69, 9.17) is 0 Å². The monoisotopic (exact) mass is 318 g/mol. The Labute approximate surface area is 135 Å². The Morgan fingerprint density at radius 2 is 1.91 bits per heavy atom. The van der Waals surface area contributed by atoms with Crippen molar-refractivity contribution in [1.82, 2.24) is 14.8 Å². The normalized spacial score (nSPS) is 11.2. The lowest BCUT2D eigenvalue weighted by molar-refractivity contribution is -0.113. The first-order valence-corrected chi connectivity index (χ1v) is 8.38. The van der Waals surface area contributed by atoms with Gasteiger partial charge >= 0.3 is 0 Å². The van der Waals surface area contributed by atoms with Crippen molar-refractivity contribution < 1.29 is 4.79 Å². The highest BCUT2D eigenvalue weighted by Gasteiger charge is 2.11. The molecule has 0 bridgehead atoms. The van der Waals surface area contributed by atoms with Crippen LogP contribution >= 0.6 is 11.8 Å². The lowest BCUT2D eigenvalue weighted by Gasteiger charge is -2.10. The Bertz CT molecular complexity index is 619. The summed E-state index contributed by atoms with van der Waals surface area (Å²) in [6.45, 7) is 8.41. The van der Waals surface area contributed by atoms with E-state index in [9.17, 15) is 4.79 Å². The Morgan fingerprint density at radius 1 is 1.23 bits per heavy atom. The molecule has 6 heteroatoms. The average Bonchev–Trinajstić information content (AvgIpc) is 2.94. The number of amides is 1. The standard InChI is InChI=1S/C16H22N4OS/c1-11(2)13-5-7-14(8-6-13)18-15(21)9-22-16-19-17-10-20(16)12(3)4/h5-8,10-12H,9H2,1-4H3,(H,18,21). The van der Waals surface area contributed by atoms with E-state index in [0.29, 0.717) is 11.7 Å². The second kappa shape index (κ2) is 7.45. The van der Waals surface area contributed by atoms with Gasteiger partial charge in [-0.05, 0) is 37.5 Å². The summed E-state index contributed by atoms with van der Waals surface area (Å²) >= 11 is 1.39. The smallest absolute Gasteiger partial charge is 0.234 e. The summed E-state index contributed by atoms with van der Waals surface area (Å²) < 4.78 is 1.95. The van der Waals surface area contributed by atoms with Gasteiger partial charge in [0.15, 0.2) is 5.16 Å². The number of hydrogen-bond acceptors (Lipinski definition) is 4. The number of carbonyl (C=O) groups is 1. The van der Waals surface area contributed by atoms with E-state index in [-0.39, 0.29) is 11.9 Å². The maximum Gasteiger partial charge on any atom is 0.234 e. The van der Waals surface area contributed by atoms with Gasteiger partial charge in [-0.25, -0.2) is 0 Å². The number of anilines is 1. The van der Waals surface area contributed by atoms with Crippen LogP contribution in [-0.4, -0.2) is 26.4 Å². The highest BCUT2D eigenvalue weighted by atomic mass is 32.2. The number of aromatic nitrogens is 3. The molecular weight excluding hydrogens is 296 g/mol. The Kier molecular flexibility index (Phi) is 5.60. The summed E-state index contributed by atoms with van der Waals surface area (Å²) in [5.74, 6) is 0.764. The van der Waals surface area contributed by atoms with Crippen LogP contribution in [0.2, 0.25) is 0 Å². The molecule has 2 rings (SSSR count). The van der Waals surface area contributed by atoms with E-state index < -0.39 is 0 Å². The van der Waals surface area contributed by atoms with E-state index in [1.807, 2.05) is 28.8 Å². The molecule has 0 aliphatic heterocycles. The van der Waals surface area contributed by atoms with Gasteiger partial charge in [-0.3, -0.25) is 4.79 Å². The highest BCUT2D eigenvalue weighted by Crippen LogP contribution is 2.20. The minimum Gasteiger partial charge on any atom is -0.325 e. The van der Waals surface area contributed by atoms with E-state index >= 15 is 0 Å². The van der Waals surface area contributed by atoms with Gasteiger partial charge in [0.05, 0.1) is 5.75 Å². The number of nitrogens with one attached hydrogen (secondary N) is 1. The molecule has 118 valence electrons. The molecule has 1 amide bonds. The zero-order chi connectivity index (χ0) is 16.1. The van der Waals surface area contributed by atoms with Crippen molar-refractivity contribution in [1.29, 1.82) is 0 Å². The van der Waals surface area contributed by atoms with Crippen LogP contribution in [0.15, 0.2) is 35.7 Å². The van der Waals surface area contributed by atoms with Crippen LogP contribution in [0.1, 0.15) is 45.2 Å². The van der Waals surface area contributed by atoms with E-state index in [1.54, 1.807) is 6.33 Å². The van der Waals surface area contributed by atoms with Crippen molar-refractivity contribution in [2.45, 2.75) is 44.8 Å². The topological polar surface area (TPSA) is 59.8 Å². The summed E-state index contributed by atoms with van der Waals surface area (Å²) in [7, 11) is 0. The molecular formula is C16H22N4OS. The van der Waals surface area contributed by atoms with Crippen molar-refractivity contribution in [3.8, 4) is 0 Å². The molecule has 0 fully saturated rings. The van der Waals surface area contributed by atoms with Gasteiger partial charge in [0.2, 0.25) is 5.91 Å². The first-order chi connectivity index (χ1) is 10.5. The molecule has 0 aliphatic carbocycles. The van der Waals surface area contributed by atoms with E-state index in [0.717, 1.165) is 10.8 Å². The maximum absolute atomic E-state index is 12.0. The summed E-state index contributed by atoms with van der Waals surface area (Å²) in [4.78, 5) is 12.0. The van der Waals surface area contributed by atoms with Crippen molar-refractivity contribution in [2.75, 3.05) is 11.1 Å². The quantitative estimate of drug-likeness (QED) is 0.825. The van der Waals surface area contributed by atoms with E-state index in [1.165, 1.54) is 17.3 Å². The lowest BCUT2D eigenvalue weighted by atomic mass is 10.0. The van der Waals surface area contributed by atoms with Gasteiger partial charge < -0.3 is 9.88 Å². The zero-order valence-corrected chi connectivity index (χ0v) is 14.2. The Balaban J connectivity index is 1.89. The second-order valence-electron chi connectivity index (χ2n) is 5.73. The Hall–Kier alpha value is -1.82. The van der Waals surface area contributed by atoms with Crippen LogP contribution in [0.25, 0.3) is 0 Å². The third-order valence-corrected chi connectivity index (χ3v) is 4.25. The predicted molar refractivity (Wildman–Crippen MR) is 90.3 cm³/mol. The summed E-state index contributed by atoms with van der Waals surface area (Å²) in [5, 5.41) is 11.6. The largest absolute Gasteiger partial charge is 0.325 e. The van der Waals surface area contributed by atoms with Gasteiger partial charge in [0.1, 0.15) is 6.33 Å².